The van der Waals surface area contributed by atoms with Crippen molar-refractivity contribution in [3.05, 3.63) is 93.2 Å². The molecule has 174 valence electrons. The van der Waals surface area contributed by atoms with Crippen LogP contribution in [0.1, 0.15) is 11.4 Å². The average molecular weight is 494 g/mol. The molecule has 1 fully saturated rings. The number of thiophene rings is 1. The van der Waals surface area contributed by atoms with Crippen LogP contribution in [0.25, 0.3) is 27.4 Å². The number of fused-ring (bicyclic) bond motifs is 1. The fourth-order valence-corrected chi connectivity index (χ4v) is 6.35. The minimum atomic E-state index is -3.47. The van der Waals surface area contributed by atoms with Crippen LogP contribution in [0, 0.1) is 0 Å². The number of aromatic amines is 1. The van der Waals surface area contributed by atoms with E-state index < -0.39 is 10.0 Å². The van der Waals surface area contributed by atoms with Gasteiger partial charge in [-0.15, -0.1) is 11.3 Å². The Morgan fingerprint density at radius 1 is 1.03 bits per heavy atom. The molecule has 5 rings (SSSR count). The molecule has 0 aliphatic carbocycles. The lowest BCUT2D eigenvalue weighted by atomic mass is 10.1. The van der Waals surface area contributed by atoms with Crippen molar-refractivity contribution >= 4 is 37.7 Å². The fourth-order valence-electron chi connectivity index (χ4n) is 4.19. The van der Waals surface area contributed by atoms with E-state index in [0.717, 1.165) is 21.5 Å². The van der Waals surface area contributed by atoms with Gasteiger partial charge in [-0.05, 0) is 17.2 Å². The molecule has 1 aliphatic heterocycles. The molecule has 9 heteroatoms. The molecule has 2 aromatic carbocycles. The van der Waals surface area contributed by atoms with Crippen molar-refractivity contribution < 1.29 is 13.3 Å². The maximum absolute atomic E-state index is 12.9. The van der Waals surface area contributed by atoms with Gasteiger partial charge in [-0.3, -0.25) is 4.79 Å². The van der Waals surface area contributed by atoms with Crippen molar-refractivity contribution in [1.29, 1.82) is 0 Å². The molecule has 0 radical (unpaired) electrons. The van der Waals surface area contributed by atoms with Crippen LogP contribution in [0.15, 0.2) is 76.2 Å². The highest BCUT2D eigenvalue weighted by Crippen LogP contribution is 2.30. The van der Waals surface area contributed by atoms with Crippen molar-refractivity contribution in [2.45, 2.75) is 6.54 Å². The second kappa shape index (κ2) is 9.63. The zero-order chi connectivity index (χ0) is 23.5. The van der Waals surface area contributed by atoms with Gasteiger partial charge in [0.25, 0.3) is 5.56 Å². The van der Waals surface area contributed by atoms with Crippen molar-refractivity contribution in [2.24, 2.45) is 0 Å². The second-order valence-corrected chi connectivity index (χ2v) is 11.0. The van der Waals surface area contributed by atoms with Crippen molar-refractivity contribution in [2.75, 3.05) is 26.2 Å². The maximum Gasteiger partial charge on any atom is 0.260 e. The predicted molar refractivity (Wildman–Crippen MR) is 136 cm³/mol. The highest BCUT2D eigenvalue weighted by Gasteiger charge is 2.28. The number of rotatable bonds is 6. The zero-order valence-electron chi connectivity index (χ0n) is 18.5. The van der Waals surface area contributed by atoms with E-state index in [2.05, 4.69) is 4.98 Å². The molecule has 4 aromatic rings. The first-order valence-corrected chi connectivity index (χ1v) is 13.5. The summed E-state index contributed by atoms with van der Waals surface area (Å²) < 4.78 is 26.9. The van der Waals surface area contributed by atoms with Gasteiger partial charge >= 0.3 is 0 Å². The summed E-state index contributed by atoms with van der Waals surface area (Å²) in [6.45, 7) is 2.72. The highest BCUT2D eigenvalue weighted by atomic mass is 32.2. The Morgan fingerprint density at radius 3 is 2.41 bits per heavy atom. The number of piperazine rings is 1. The van der Waals surface area contributed by atoms with E-state index >= 15 is 0 Å². The largest absolute Gasteiger partial charge is 0.326 e. The van der Waals surface area contributed by atoms with Crippen molar-refractivity contribution in [3.63, 3.8) is 0 Å². The minimum absolute atomic E-state index is 0.133. The Labute approximate surface area is 202 Å². The van der Waals surface area contributed by atoms with Gasteiger partial charge in [0.2, 0.25) is 10.0 Å². The normalized spacial score (nSPS) is 15.9. The van der Waals surface area contributed by atoms with Gasteiger partial charge in [0.15, 0.2) is 5.82 Å². The van der Waals surface area contributed by atoms with E-state index in [0.29, 0.717) is 43.9 Å². The molecule has 7 nitrogen and oxygen atoms in total. The van der Waals surface area contributed by atoms with E-state index in [1.165, 1.54) is 25.9 Å². The molecule has 0 saturated carbocycles. The number of hydrogen-bond donors (Lipinski definition) is 2. The Kier molecular flexibility index (Phi) is 6.42. The zero-order valence-corrected chi connectivity index (χ0v) is 20.1. The summed E-state index contributed by atoms with van der Waals surface area (Å²) in [5.74, 6) is 0.634. The summed E-state index contributed by atoms with van der Waals surface area (Å²) in [7, 11) is -3.47. The summed E-state index contributed by atoms with van der Waals surface area (Å²) in [6, 6.07) is 19.2. The first-order chi connectivity index (χ1) is 16.5. The molecule has 1 aliphatic rings. The molecule has 0 spiro atoms. The number of benzene rings is 2. The predicted octanol–water partition coefficient (Wildman–Crippen LogP) is 2.35. The lowest BCUT2D eigenvalue weighted by molar-refractivity contribution is -0.917. The third-order valence-electron chi connectivity index (χ3n) is 6.02. The molecule has 34 heavy (non-hydrogen) atoms. The topological polar surface area (TPSA) is 87.6 Å². The van der Waals surface area contributed by atoms with Crippen molar-refractivity contribution in [3.8, 4) is 11.1 Å². The fraction of sp³-hybridized carbons (Fsp3) is 0.200. The monoisotopic (exact) mass is 493 g/mol. The molecule has 1 saturated heterocycles. The van der Waals surface area contributed by atoms with Crippen LogP contribution in [-0.4, -0.2) is 48.9 Å². The standard InChI is InChI=1S/C25H24N4O3S2/c30-24-23-21(20-9-5-2-6-10-20)18-33-25(23)27-22(26-24)17-28-12-14-29(15-13-28)34(31,32)16-11-19-7-3-1-4-8-19/h1-11,16,18H,12-15,17H2,(H,26,27,30)/p+1/b16-11+. The number of sulfonamides is 1. The quantitative estimate of drug-likeness (QED) is 0.432. The molecule has 0 atom stereocenters. The van der Waals surface area contributed by atoms with Gasteiger partial charge < -0.3 is 9.88 Å². The molecule has 2 aromatic heterocycles. The third-order valence-corrected chi connectivity index (χ3v) is 8.45. The Bertz CT molecular complexity index is 1470. The Morgan fingerprint density at radius 2 is 1.71 bits per heavy atom. The molecule has 0 unspecified atom stereocenters. The van der Waals surface area contributed by atoms with Crippen molar-refractivity contribution in [1.82, 2.24) is 14.3 Å². The van der Waals surface area contributed by atoms with E-state index in [-0.39, 0.29) is 5.56 Å². The third kappa shape index (κ3) is 4.88. The van der Waals surface area contributed by atoms with Gasteiger partial charge in [0.1, 0.15) is 11.4 Å². The Balaban J connectivity index is 1.25. The summed E-state index contributed by atoms with van der Waals surface area (Å²) >= 11 is 1.47. The van der Waals surface area contributed by atoms with Crippen LogP contribution in [0.4, 0.5) is 0 Å². The first kappa shape index (κ1) is 22.7. The first-order valence-electron chi connectivity index (χ1n) is 11.1. The molecular weight excluding hydrogens is 468 g/mol. The smallest absolute Gasteiger partial charge is 0.260 e. The maximum atomic E-state index is 12.9. The number of hydrogen-bond acceptors (Lipinski definition) is 5. The summed E-state index contributed by atoms with van der Waals surface area (Å²) in [5.41, 5.74) is 2.62. The number of nitrogens with one attached hydrogen (secondary N) is 2. The van der Waals surface area contributed by atoms with Crippen LogP contribution in [0.2, 0.25) is 0 Å². The summed E-state index contributed by atoms with van der Waals surface area (Å²) in [4.78, 5) is 22.5. The van der Waals surface area contributed by atoms with E-state index in [9.17, 15) is 13.2 Å². The molecule has 3 heterocycles. The SMILES string of the molecule is O=c1[nH]c(C[NH+]2CCN(S(=O)(=O)/C=C/c3ccccc3)CC2)nc2scc(-c3ccccc3)c12. The number of nitrogens with zero attached hydrogens (tertiary/aromatic N) is 2. The molecular formula is C25H25N4O3S2+. The second-order valence-electron chi connectivity index (χ2n) is 8.29. The van der Waals surface area contributed by atoms with Gasteiger partial charge in [-0.2, -0.15) is 4.31 Å². The van der Waals surface area contributed by atoms with Crippen LogP contribution in [0.5, 0.6) is 0 Å². The number of aromatic nitrogens is 2. The summed E-state index contributed by atoms with van der Waals surface area (Å²) in [5, 5.41) is 3.88. The van der Waals surface area contributed by atoms with E-state index in [4.69, 9.17) is 4.98 Å². The van der Waals surface area contributed by atoms with Gasteiger partial charge in [-0.25, -0.2) is 13.4 Å². The number of H-pyrrole nitrogens is 1. The van der Waals surface area contributed by atoms with E-state index in [1.54, 1.807) is 6.08 Å². The van der Waals surface area contributed by atoms with Gasteiger partial charge in [0.05, 0.1) is 31.6 Å². The van der Waals surface area contributed by atoms with Crippen LogP contribution >= 0.6 is 11.3 Å². The average Bonchev–Trinajstić information content (AvgIpc) is 3.29. The minimum Gasteiger partial charge on any atom is -0.326 e. The number of quaternary nitrogens is 1. The Hall–Kier alpha value is -3.11. The summed E-state index contributed by atoms with van der Waals surface area (Å²) in [6.07, 6.45) is 1.63. The van der Waals surface area contributed by atoms with Crippen LogP contribution in [-0.2, 0) is 16.6 Å². The van der Waals surface area contributed by atoms with E-state index in [1.807, 2.05) is 66.0 Å². The molecule has 0 bridgehead atoms. The molecule has 0 amide bonds. The van der Waals surface area contributed by atoms with Gasteiger partial charge in [0, 0.05) is 16.4 Å². The highest BCUT2D eigenvalue weighted by molar-refractivity contribution is 7.92. The molecule has 2 N–H and O–H groups in total. The lowest BCUT2D eigenvalue weighted by Crippen LogP contribution is -3.13. The van der Waals surface area contributed by atoms with Crippen LogP contribution in [0.3, 0.4) is 0 Å². The lowest BCUT2D eigenvalue weighted by Gasteiger charge is -2.30. The van der Waals surface area contributed by atoms with Gasteiger partial charge in [-0.1, -0.05) is 60.7 Å². The van der Waals surface area contributed by atoms with Crippen LogP contribution < -0.4 is 10.5 Å².